The third kappa shape index (κ3) is 5.87. The molecular formula is C46H44O4. The molecule has 4 heteroatoms. The van der Waals surface area contributed by atoms with E-state index in [4.69, 9.17) is 0 Å². The molecule has 6 rings (SSSR count). The fourth-order valence-corrected chi connectivity index (χ4v) is 9.27. The molecule has 4 aromatic rings. The quantitative estimate of drug-likeness (QED) is 0.176. The van der Waals surface area contributed by atoms with Crippen LogP contribution in [0.15, 0.2) is 132 Å². The van der Waals surface area contributed by atoms with E-state index < -0.39 is 10.8 Å². The first-order valence-electron chi connectivity index (χ1n) is 17.2. The lowest BCUT2D eigenvalue weighted by atomic mass is 9.51. The minimum absolute atomic E-state index is 0.350. The van der Waals surface area contributed by atoms with Crippen LogP contribution in [0.5, 0.6) is 0 Å². The van der Waals surface area contributed by atoms with Crippen LogP contribution in [0.1, 0.15) is 118 Å². The summed E-state index contributed by atoms with van der Waals surface area (Å²) in [5.74, 6) is 0. The van der Waals surface area contributed by atoms with Crippen LogP contribution in [0.4, 0.5) is 0 Å². The van der Waals surface area contributed by atoms with Crippen LogP contribution in [0.3, 0.4) is 0 Å². The number of rotatable bonds is 8. The van der Waals surface area contributed by atoms with Gasteiger partial charge >= 0.3 is 0 Å². The molecule has 0 saturated carbocycles. The van der Waals surface area contributed by atoms with Crippen molar-refractivity contribution in [3.05, 3.63) is 176 Å². The van der Waals surface area contributed by atoms with Gasteiger partial charge in [0.05, 0.1) is 0 Å². The Hall–Kier alpha value is -5.22. The normalized spacial score (nSPS) is 27.9. The Labute approximate surface area is 295 Å². The maximum absolute atomic E-state index is 11.7. The lowest BCUT2D eigenvalue weighted by Gasteiger charge is -2.52. The van der Waals surface area contributed by atoms with Gasteiger partial charge in [0.15, 0.2) is 0 Å². The van der Waals surface area contributed by atoms with E-state index in [0.717, 1.165) is 60.2 Å². The molecule has 0 aromatic heterocycles. The summed E-state index contributed by atoms with van der Waals surface area (Å²) in [7, 11) is 0. The smallest absolute Gasteiger partial charge is 0.150 e. The molecule has 0 saturated heterocycles. The van der Waals surface area contributed by atoms with Gasteiger partial charge < -0.3 is 0 Å². The van der Waals surface area contributed by atoms with Gasteiger partial charge in [0.2, 0.25) is 0 Å². The second-order valence-electron chi connectivity index (χ2n) is 15.2. The average Bonchev–Trinajstić information content (AvgIpc) is 3.12. The summed E-state index contributed by atoms with van der Waals surface area (Å²) in [6, 6.07) is 31.8. The highest BCUT2D eigenvalue weighted by Gasteiger charge is 2.50. The van der Waals surface area contributed by atoms with Crippen molar-refractivity contribution in [2.75, 3.05) is 0 Å². The number of hydrogen-bond donors (Lipinski definition) is 0. The molecule has 4 atom stereocenters. The van der Waals surface area contributed by atoms with Gasteiger partial charge in [-0.3, -0.25) is 19.2 Å². The predicted octanol–water partition coefficient (Wildman–Crippen LogP) is 10.1. The minimum Gasteiger partial charge on any atom is -0.298 e. The zero-order valence-electron chi connectivity index (χ0n) is 29.7. The third-order valence-electron chi connectivity index (χ3n) is 11.4. The number of allylic oxidation sites excluding steroid dienone is 6. The highest BCUT2D eigenvalue weighted by molar-refractivity contribution is 5.77. The van der Waals surface area contributed by atoms with Gasteiger partial charge in [-0.05, 0) is 71.2 Å². The highest BCUT2D eigenvalue weighted by Crippen LogP contribution is 2.59. The van der Waals surface area contributed by atoms with Crippen LogP contribution in [-0.4, -0.2) is 25.1 Å². The Bertz CT molecular complexity index is 1910. The number of benzene rings is 4. The summed E-state index contributed by atoms with van der Waals surface area (Å²) >= 11 is 0. The summed E-state index contributed by atoms with van der Waals surface area (Å²) in [5, 5.41) is 0. The SMILES string of the molecule is CC1=CC(C)(c2ccc(C=O)cc2)CC(C)(c2ccc(C=O)cc2)C1=C1C(C)=CC(C)(c2ccc(C=O)cc2)CC1(C)c1ccc(C=O)cc1. The zero-order chi connectivity index (χ0) is 35.9. The second kappa shape index (κ2) is 12.9. The molecule has 4 nitrogen and oxygen atoms in total. The first-order chi connectivity index (χ1) is 23.8. The van der Waals surface area contributed by atoms with Crippen molar-refractivity contribution in [1.29, 1.82) is 0 Å². The van der Waals surface area contributed by atoms with Crippen molar-refractivity contribution >= 4 is 25.1 Å². The van der Waals surface area contributed by atoms with E-state index in [1.807, 2.05) is 48.5 Å². The minimum atomic E-state index is -0.480. The Morgan fingerprint density at radius 3 is 0.880 bits per heavy atom. The predicted molar refractivity (Wildman–Crippen MR) is 200 cm³/mol. The Morgan fingerprint density at radius 2 is 0.640 bits per heavy atom. The van der Waals surface area contributed by atoms with E-state index in [2.05, 4.69) is 102 Å². The summed E-state index contributed by atoms with van der Waals surface area (Å²) in [5.41, 5.74) is 10.3. The molecule has 4 aromatic carbocycles. The van der Waals surface area contributed by atoms with Gasteiger partial charge in [-0.15, -0.1) is 0 Å². The molecule has 4 unspecified atom stereocenters. The Kier molecular flexibility index (Phi) is 8.94. The van der Waals surface area contributed by atoms with Crippen LogP contribution in [0.25, 0.3) is 0 Å². The molecule has 2 aliphatic rings. The molecule has 50 heavy (non-hydrogen) atoms. The highest BCUT2D eigenvalue weighted by atomic mass is 16.1. The van der Waals surface area contributed by atoms with Crippen LogP contribution in [0.2, 0.25) is 0 Å². The average molecular weight is 661 g/mol. The lowest BCUT2D eigenvalue weighted by molar-refractivity contribution is 0.111. The topological polar surface area (TPSA) is 68.3 Å². The van der Waals surface area contributed by atoms with Gasteiger partial charge in [0.1, 0.15) is 25.1 Å². The lowest BCUT2D eigenvalue weighted by Crippen LogP contribution is -2.44. The second-order valence-corrected chi connectivity index (χ2v) is 15.2. The maximum atomic E-state index is 11.7. The number of aldehydes is 4. The fourth-order valence-electron chi connectivity index (χ4n) is 9.27. The van der Waals surface area contributed by atoms with E-state index in [-0.39, 0.29) is 10.8 Å². The Balaban J connectivity index is 1.68. The molecule has 0 radical (unpaired) electrons. The first kappa shape index (κ1) is 34.6. The number of hydrogen-bond acceptors (Lipinski definition) is 4. The van der Waals surface area contributed by atoms with Crippen molar-refractivity contribution in [3.8, 4) is 0 Å². The molecule has 0 spiro atoms. The molecule has 0 bridgehead atoms. The van der Waals surface area contributed by atoms with E-state index in [1.54, 1.807) is 0 Å². The van der Waals surface area contributed by atoms with E-state index in [0.29, 0.717) is 22.3 Å². The summed E-state index contributed by atoms with van der Waals surface area (Å²) in [4.78, 5) is 46.5. The fraction of sp³-hybridized carbons (Fsp3) is 0.261. The molecule has 2 aliphatic carbocycles. The standard InChI is InChI=1S/C46H44O4/c1-31-23-43(3,37-15-7-33(25-47)8-16-37)29-45(5,39-19-11-35(27-49)12-20-39)41(31)42-32(2)24-44(4,38-17-9-34(26-48)10-18-38)30-46(42,6)40-21-13-36(28-50)14-22-40/h7-28H,29-30H2,1-6H3. The maximum Gasteiger partial charge on any atom is 0.150 e. The molecular weight excluding hydrogens is 617 g/mol. The summed E-state index contributed by atoms with van der Waals surface area (Å²) in [6.45, 7) is 13.6. The number of carbonyl (C=O) groups is 4. The van der Waals surface area contributed by atoms with Gasteiger partial charge in [0, 0.05) is 43.9 Å². The third-order valence-corrected chi connectivity index (χ3v) is 11.4. The monoisotopic (exact) mass is 660 g/mol. The summed E-state index contributed by atoms with van der Waals surface area (Å²) < 4.78 is 0. The van der Waals surface area contributed by atoms with E-state index in [9.17, 15) is 19.2 Å². The van der Waals surface area contributed by atoms with Crippen molar-refractivity contribution in [2.45, 2.75) is 76.0 Å². The van der Waals surface area contributed by atoms with Crippen LogP contribution in [0, 0.1) is 0 Å². The first-order valence-corrected chi connectivity index (χ1v) is 17.2. The van der Waals surface area contributed by atoms with Crippen molar-refractivity contribution in [2.24, 2.45) is 0 Å². The Morgan fingerprint density at radius 1 is 0.400 bits per heavy atom. The van der Waals surface area contributed by atoms with E-state index in [1.165, 1.54) is 22.3 Å². The zero-order valence-corrected chi connectivity index (χ0v) is 29.7. The van der Waals surface area contributed by atoms with Gasteiger partial charge in [0.25, 0.3) is 0 Å². The largest absolute Gasteiger partial charge is 0.298 e. The number of carbonyl (C=O) groups excluding carboxylic acids is 4. The van der Waals surface area contributed by atoms with Gasteiger partial charge in [-0.2, -0.15) is 0 Å². The van der Waals surface area contributed by atoms with Crippen molar-refractivity contribution < 1.29 is 19.2 Å². The van der Waals surface area contributed by atoms with Crippen LogP contribution < -0.4 is 0 Å². The molecule has 252 valence electrons. The van der Waals surface area contributed by atoms with Crippen molar-refractivity contribution in [1.82, 2.24) is 0 Å². The molecule has 0 N–H and O–H groups in total. The van der Waals surface area contributed by atoms with Crippen LogP contribution in [-0.2, 0) is 21.7 Å². The molecule has 0 heterocycles. The van der Waals surface area contributed by atoms with Gasteiger partial charge in [-0.1, -0.05) is 137 Å². The molecule has 0 aliphatic heterocycles. The molecule has 0 fully saturated rings. The van der Waals surface area contributed by atoms with Crippen molar-refractivity contribution in [3.63, 3.8) is 0 Å². The van der Waals surface area contributed by atoms with Gasteiger partial charge in [-0.25, -0.2) is 0 Å². The van der Waals surface area contributed by atoms with Crippen LogP contribution >= 0.6 is 0 Å². The molecule has 0 amide bonds. The van der Waals surface area contributed by atoms with E-state index >= 15 is 0 Å². The summed E-state index contributed by atoms with van der Waals surface area (Å²) in [6.07, 6.45) is 9.81.